The average Bonchev–Trinajstić information content (AvgIpc) is 2.90. The molecule has 1 aromatic rings. The maximum Gasteiger partial charge on any atom is 0.351 e. The van der Waals surface area contributed by atoms with Gasteiger partial charge in [0.1, 0.15) is 30.7 Å². The standard InChI is InChI=1S/C14H20N4O9/c1-25-5-10(21)17-26-6-9(20)15-8-2-3-18(14(24)16-8)13-12(23)11(22)7(4-19)27-13/h2-3,7,11-13,19,22-23H,4-6H2,1H3,(H,17,21)(H,15,16,20,24)/t7-,11?,12-,13-/m1/s1. The van der Waals surface area contributed by atoms with Crippen LogP contribution < -0.4 is 16.5 Å². The number of rotatable bonds is 8. The summed E-state index contributed by atoms with van der Waals surface area (Å²) in [4.78, 5) is 43.1. The Morgan fingerprint density at radius 2 is 2.04 bits per heavy atom. The largest absolute Gasteiger partial charge is 0.394 e. The molecule has 1 saturated heterocycles. The second-order valence-electron chi connectivity index (χ2n) is 5.53. The van der Waals surface area contributed by atoms with Crippen molar-refractivity contribution < 1.29 is 39.2 Å². The van der Waals surface area contributed by atoms with Crippen molar-refractivity contribution in [2.24, 2.45) is 0 Å². The Morgan fingerprint density at radius 3 is 2.63 bits per heavy atom. The average molecular weight is 388 g/mol. The molecule has 1 aromatic heterocycles. The van der Waals surface area contributed by atoms with E-state index >= 15 is 0 Å². The molecule has 4 atom stereocenters. The summed E-state index contributed by atoms with van der Waals surface area (Å²) < 4.78 is 10.7. The molecule has 0 aliphatic carbocycles. The van der Waals surface area contributed by atoms with Crippen LogP contribution in [0.25, 0.3) is 0 Å². The first-order valence-electron chi connectivity index (χ1n) is 7.78. The van der Waals surface area contributed by atoms with Crippen LogP contribution in [-0.2, 0) is 23.9 Å². The molecule has 150 valence electrons. The van der Waals surface area contributed by atoms with E-state index in [1.54, 1.807) is 0 Å². The molecular weight excluding hydrogens is 368 g/mol. The number of carbonyl (C=O) groups excluding carboxylic acids is 2. The van der Waals surface area contributed by atoms with E-state index in [1.165, 1.54) is 19.4 Å². The molecule has 0 bridgehead atoms. The van der Waals surface area contributed by atoms with E-state index in [1.807, 2.05) is 5.48 Å². The van der Waals surface area contributed by atoms with Crippen LogP contribution in [-0.4, -0.2) is 81.9 Å². The van der Waals surface area contributed by atoms with Gasteiger partial charge in [-0.15, -0.1) is 0 Å². The molecule has 1 aliphatic rings. The lowest BCUT2D eigenvalue weighted by Crippen LogP contribution is -2.36. The van der Waals surface area contributed by atoms with E-state index < -0.39 is 55.3 Å². The summed E-state index contributed by atoms with van der Waals surface area (Å²) >= 11 is 0. The van der Waals surface area contributed by atoms with Crippen LogP contribution in [0.2, 0.25) is 0 Å². The first-order chi connectivity index (χ1) is 12.9. The van der Waals surface area contributed by atoms with Gasteiger partial charge in [-0.2, -0.15) is 4.98 Å². The lowest BCUT2D eigenvalue weighted by Gasteiger charge is -2.17. The summed E-state index contributed by atoms with van der Waals surface area (Å²) in [5, 5.41) is 31.0. The molecule has 13 heteroatoms. The molecule has 1 aliphatic heterocycles. The van der Waals surface area contributed by atoms with Crippen molar-refractivity contribution in [3.8, 4) is 0 Å². The lowest BCUT2D eigenvalue weighted by atomic mass is 10.1. The lowest BCUT2D eigenvalue weighted by molar-refractivity contribution is -0.140. The number of anilines is 1. The third-order valence-electron chi connectivity index (χ3n) is 3.55. The number of nitrogens with zero attached hydrogens (tertiary/aromatic N) is 2. The Balaban J connectivity index is 1.94. The van der Waals surface area contributed by atoms with E-state index in [0.29, 0.717) is 0 Å². The predicted molar refractivity (Wildman–Crippen MR) is 86.1 cm³/mol. The summed E-state index contributed by atoms with van der Waals surface area (Å²) in [5.41, 5.74) is 1.11. The molecule has 1 fully saturated rings. The molecule has 2 rings (SSSR count). The normalized spacial score (nSPS) is 24.6. The van der Waals surface area contributed by atoms with E-state index in [2.05, 4.69) is 19.9 Å². The Labute approximate surface area is 152 Å². The van der Waals surface area contributed by atoms with E-state index in [0.717, 1.165) is 4.57 Å². The predicted octanol–water partition coefficient (Wildman–Crippen LogP) is -3.51. The van der Waals surface area contributed by atoms with Gasteiger partial charge in [-0.1, -0.05) is 0 Å². The molecule has 0 radical (unpaired) electrons. The minimum absolute atomic E-state index is 0.0974. The number of aromatic nitrogens is 2. The Kier molecular flexibility index (Phi) is 7.35. The SMILES string of the molecule is COCC(=O)NOCC(=O)Nc1ccn([C@@H]2O[C@H](CO)C(O)[C@H]2O)c(=O)n1. The monoisotopic (exact) mass is 388 g/mol. The quantitative estimate of drug-likeness (QED) is 0.280. The molecule has 27 heavy (non-hydrogen) atoms. The summed E-state index contributed by atoms with van der Waals surface area (Å²) in [5.74, 6) is -1.37. The minimum Gasteiger partial charge on any atom is -0.394 e. The molecule has 0 saturated carbocycles. The van der Waals surface area contributed by atoms with Crippen LogP contribution in [0.15, 0.2) is 17.1 Å². The van der Waals surface area contributed by atoms with Gasteiger partial charge in [0.15, 0.2) is 12.8 Å². The van der Waals surface area contributed by atoms with Crippen molar-refractivity contribution in [2.75, 3.05) is 32.2 Å². The van der Waals surface area contributed by atoms with Gasteiger partial charge < -0.3 is 30.1 Å². The fraction of sp³-hybridized carbons (Fsp3) is 0.571. The second kappa shape index (κ2) is 9.50. The number of aliphatic hydroxyl groups excluding tert-OH is 3. The fourth-order valence-corrected chi connectivity index (χ4v) is 2.31. The highest BCUT2D eigenvalue weighted by Crippen LogP contribution is 2.28. The fourth-order valence-electron chi connectivity index (χ4n) is 2.31. The van der Waals surface area contributed by atoms with E-state index in [4.69, 9.17) is 9.84 Å². The number of amides is 2. The maximum absolute atomic E-state index is 12.1. The van der Waals surface area contributed by atoms with Crippen LogP contribution in [0, 0.1) is 0 Å². The number of hydroxylamine groups is 1. The highest BCUT2D eigenvalue weighted by atomic mass is 16.7. The molecule has 1 unspecified atom stereocenters. The van der Waals surface area contributed by atoms with Gasteiger partial charge in [0.2, 0.25) is 0 Å². The Bertz CT molecular complexity index is 725. The van der Waals surface area contributed by atoms with Gasteiger partial charge in [0.25, 0.3) is 11.8 Å². The van der Waals surface area contributed by atoms with Gasteiger partial charge in [-0.25, -0.2) is 10.3 Å². The number of methoxy groups -OCH3 is 1. The zero-order chi connectivity index (χ0) is 20.0. The summed E-state index contributed by atoms with van der Waals surface area (Å²) in [6, 6.07) is 1.26. The van der Waals surface area contributed by atoms with Crippen molar-refractivity contribution in [3.05, 3.63) is 22.7 Å². The van der Waals surface area contributed by atoms with E-state index in [9.17, 15) is 24.6 Å². The van der Waals surface area contributed by atoms with Crippen LogP contribution in [0.3, 0.4) is 0 Å². The summed E-state index contributed by atoms with van der Waals surface area (Å²) in [6.07, 6.45) is -3.88. The third kappa shape index (κ3) is 5.29. The van der Waals surface area contributed by atoms with Crippen LogP contribution >= 0.6 is 0 Å². The maximum atomic E-state index is 12.1. The smallest absolute Gasteiger partial charge is 0.351 e. The highest BCUT2D eigenvalue weighted by molar-refractivity contribution is 5.90. The second-order valence-corrected chi connectivity index (χ2v) is 5.53. The van der Waals surface area contributed by atoms with Crippen LogP contribution in [0.4, 0.5) is 5.82 Å². The number of nitrogens with one attached hydrogen (secondary N) is 2. The van der Waals surface area contributed by atoms with Crippen molar-refractivity contribution in [1.82, 2.24) is 15.0 Å². The van der Waals surface area contributed by atoms with Gasteiger partial charge in [0, 0.05) is 13.3 Å². The first kappa shape index (κ1) is 20.9. The number of aliphatic hydroxyl groups is 3. The van der Waals surface area contributed by atoms with Crippen LogP contribution in [0.5, 0.6) is 0 Å². The molecule has 13 nitrogen and oxygen atoms in total. The number of hydrogen-bond acceptors (Lipinski definition) is 10. The van der Waals surface area contributed by atoms with Gasteiger partial charge >= 0.3 is 5.69 Å². The zero-order valence-corrected chi connectivity index (χ0v) is 14.3. The minimum atomic E-state index is -1.44. The molecule has 0 aromatic carbocycles. The molecule has 2 heterocycles. The van der Waals surface area contributed by atoms with E-state index in [-0.39, 0.29) is 12.4 Å². The summed E-state index contributed by atoms with van der Waals surface area (Å²) in [6.45, 7) is -1.30. The Morgan fingerprint density at radius 1 is 1.30 bits per heavy atom. The Hall–Kier alpha value is -2.42. The van der Waals surface area contributed by atoms with Gasteiger partial charge in [-0.3, -0.25) is 19.0 Å². The van der Waals surface area contributed by atoms with Gasteiger partial charge in [0.05, 0.1) is 6.61 Å². The highest BCUT2D eigenvalue weighted by Gasteiger charge is 2.43. The van der Waals surface area contributed by atoms with Crippen molar-refractivity contribution in [1.29, 1.82) is 0 Å². The summed E-state index contributed by atoms with van der Waals surface area (Å²) in [7, 11) is 1.32. The molecule has 5 N–H and O–H groups in total. The first-order valence-corrected chi connectivity index (χ1v) is 7.78. The molecule has 0 spiro atoms. The van der Waals surface area contributed by atoms with Crippen molar-refractivity contribution in [3.63, 3.8) is 0 Å². The molecular formula is C14H20N4O9. The third-order valence-corrected chi connectivity index (χ3v) is 3.55. The number of carbonyl (C=O) groups is 2. The number of ether oxygens (including phenoxy) is 2. The topological polar surface area (TPSA) is 181 Å². The zero-order valence-electron chi connectivity index (χ0n) is 14.3. The van der Waals surface area contributed by atoms with Crippen LogP contribution in [0.1, 0.15) is 6.23 Å². The molecule has 2 amide bonds. The van der Waals surface area contributed by atoms with Crippen molar-refractivity contribution >= 4 is 17.6 Å². The van der Waals surface area contributed by atoms with Gasteiger partial charge in [-0.05, 0) is 6.07 Å². The number of hydrogen-bond donors (Lipinski definition) is 5. The van der Waals surface area contributed by atoms with Crippen molar-refractivity contribution in [2.45, 2.75) is 24.5 Å².